The van der Waals surface area contributed by atoms with E-state index in [1.54, 1.807) is 6.92 Å². The van der Waals surface area contributed by atoms with E-state index in [2.05, 4.69) is 10.1 Å². The third-order valence-corrected chi connectivity index (χ3v) is 2.17. The molecule has 0 atom stereocenters. The lowest BCUT2D eigenvalue weighted by molar-refractivity contribution is -0.141. The number of nitrogens with two attached hydrogens (primary N) is 1. The molecule has 0 radical (unpaired) electrons. The number of hydrogen-bond donors (Lipinski definition) is 1. The van der Waals surface area contributed by atoms with E-state index in [9.17, 15) is 13.2 Å². The van der Waals surface area contributed by atoms with E-state index in [0.717, 1.165) is 6.07 Å². The minimum Gasteiger partial charge on any atom is -0.398 e. The number of aromatic nitrogens is 2. The van der Waals surface area contributed by atoms with Gasteiger partial charge in [0.25, 0.3) is 5.71 Å². The van der Waals surface area contributed by atoms with Crippen LogP contribution < -0.4 is 5.73 Å². The highest BCUT2D eigenvalue weighted by atomic mass is 19.4. The summed E-state index contributed by atoms with van der Waals surface area (Å²) in [5.41, 5.74) is 4.77. The van der Waals surface area contributed by atoms with Crippen molar-refractivity contribution in [3.05, 3.63) is 17.5 Å². The molecule has 0 aromatic carbocycles. The van der Waals surface area contributed by atoms with Crippen LogP contribution in [0.4, 0.5) is 18.9 Å². The number of halogens is 3. The number of pyridine rings is 1. The van der Waals surface area contributed by atoms with Crippen LogP contribution in [0, 0.1) is 0 Å². The number of anilines is 1. The molecule has 2 aromatic heterocycles. The third-order valence-electron chi connectivity index (χ3n) is 2.17. The molecule has 0 amide bonds. The molecular formula is C9H8F3N3O. The zero-order valence-electron chi connectivity index (χ0n) is 8.30. The molecule has 4 nitrogen and oxygen atoms in total. The summed E-state index contributed by atoms with van der Waals surface area (Å²) < 4.78 is 41.9. The fourth-order valence-corrected chi connectivity index (χ4v) is 1.43. The topological polar surface area (TPSA) is 64.9 Å². The maximum Gasteiger partial charge on any atom is 0.433 e. The second-order valence-corrected chi connectivity index (χ2v) is 3.26. The summed E-state index contributed by atoms with van der Waals surface area (Å²) in [4.78, 5) is 3.34. The Kier molecular flexibility index (Phi) is 2.25. The van der Waals surface area contributed by atoms with Gasteiger partial charge in [-0.1, -0.05) is 12.1 Å². The standard InChI is InChI=1S/C9H8F3N3O/c1-2-5-7-4(13)3-6(9(10,11)12)14-8(7)16-15-5/h3H,2H2,1H3,(H2,13,14). The van der Waals surface area contributed by atoms with Gasteiger partial charge in [0.15, 0.2) is 5.69 Å². The lowest BCUT2D eigenvalue weighted by atomic mass is 10.2. The first-order valence-corrected chi connectivity index (χ1v) is 4.55. The van der Waals surface area contributed by atoms with Crippen molar-refractivity contribution in [2.24, 2.45) is 0 Å². The Hall–Kier alpha value is -1.79. The molecule has 0 saturated carbocycles. The number of fused-ring (bicyclic) bond motifs is 1. The van der Waals surface area contributed by atoms with Crippen LogP contribution in [-0.4, -0.2) is 10.1 Å². The number of nitrogens with zero attached hydrogens (tertiary/aromatic N) is 2. The smallest absolute Gasteiger partial charge is 0.398 e. The molecule has 86 valence electrons. The van der Waals surface area contributed by atoms with Crippen molar-refractivity contribution < 1.29 is 17.7 Å². The van der Waals surface area contributed by atoms with E-state index in [0.29, 0.717) is 17.5 Å². The van der Waals surface area contributed by atoms with Crippen molar-refractivity contribution in [1.29, 1.82) is 0 Å². The van der Waals surface area contributed by atoms with Crippen LogP contribution in [0.25, 0.3) is 11.1 Å². The van der Waals surface area contributed by atoms with Gasteiger partial charge < -0.3 is 10.3 Å². The Morgan fingerprint density at radius 1 is 1.44 bits per heavy atom. The summed E-state index contributed by atoms with van der Waals surface area (Å²) in [6.45, 7) is 1.80. The van der Waals surface area contributed by atoms with Crippen molar-refractivity contribution in [2.45, 2.75) is 19.5 Å². The van der Waals surface area contributed by atoms with Gasteiger partial charge in [-0.2, -0.15) is 13.2 Å². The molecule has 0 saturated heterocycles. The molecule has 2 N–H and O–H groups in total. The molecule has 0 aliphatic rings. The van der Waals surface area contributed by atoms with E-state index in [4.69, 9.17) is 10.3 Å². The van der Waals surface area contributed by atoms with E-state index < -0.39 is 11.9 Å². The summed E-state index contributed by atoms with van der Waals surface area (Å²) in [6.07, 6.45) is -4.02. The van der Waals surface area contributed by atoms with Gasteiger partial charge in [0.2, 0.25) is 0 Å². The minimum atomic E-state index is -4.54. The molecule has 7 heteroatoms. The van der Waals surface area contributed by atoms with E-state index in [-0.39, 0.29) is 11.4 Å². The summed E-state index contributed by atoms with van der Waals surface area (Å²) in [7, 11) is 0. The van der Waals surface area contributed by atoms with E-state index in [1.807, 2.05) is 0 Å². The number of hydrogen-bond acceptors (Lipinski definition) is 4. The average molecular weight is 231 g/mol. The van der Waals surface area contributed by atoms with Crippen LogP contribution in [-0.2, 0) is 12.6 Å². The minimum absolute atomic E-state index is 0.0181. The van der Waals surface area contributed by atoms with Crippen molar-refractivity contribution in [3.8, 4) is 0 Å². The zero-order chi connectivity index (χ0) is 11.9. The van der Waals surface area contributed by atoms with Crippen molar-refractivity contribution in [3.63, 3.8) is 0 Å². The van der Waals surface area contributed by atoms with Gasteiger partial charge in [0.05, 0.1) is 11.1 Å². The largest absolute Gasteiger partial charge is 0.433 e. The van der Waals surface area contributed by atoms with Crippen LogP contribution in [0.1, 0.15) is 18.3 Å². The van der Waals surface area contributed by atoms with E-state index in [1.165, 1.54) is 0 Å². The van der Waals surface area contributed by atoms with Gasteiger partial charge in [0, 0.05) is 5.69 Å². The number of nitrogen functional groups attached to an aromatic ring is 1. The summed E-state index contributed by atoms with van der Waals surface area (Å²) in [5.74, 6) is 0. The first kappa shape index (κ1) is 10.7. The van der Waals surface area contributed by atoms with Crippen molar-refractivity contribution in [1.82, 2.24) is 10.1 Å². The van der Waals surface area contributed by atoms with Crippen LogP contribution in [0.15, 0.2) is 10.6 Å². The van der Waals surface area contributed by atoms with Crippen molar-refractivity contribution in [2.75, 3.05) is 5.73 Å². The van der Waals surface area contributed by atoms with Gasteiger partial charge in [-0.3, -0.25) is 0 Å². The lowest BCUT2D eigenvalue weighted by Gasteiger charge is -2.06. The highest BCUT2D eigenvalue weighted by Gasteiger charge is 2.34. The molecule has 0 aliphatic heterocycles. The van der Waals surface area contributed by atoms with Crippen LogP contribution in [0.2, 0.25) is 0 Å². The summed E-state index contributed by atoms with van der Waals surface area (Å²) in [5, 5.41) is 3.97. The average Bonchev–Trinajstić information content (AvgIpc) is 2.59. The highest BCUT2D eigenvalue weighted by Crippen LogP contribution is 2.33. The molecule has 0 fully saturated rings. The van der Waals surface area contributed by atoms with Gasteiger partial charge in [-0.25, -0.2) is 4.98 Å². The fourth-order valence-electron chi connectivity index (χ4n) is 1.43. The molecule has 2 aromatic rings. The normalized spacial score (nSPS) is 12.2. The fraction of sp³-hybridized carbons (Fsp3) is 0.333. The van der Waals surface area contributed by atoms with Crippen molar-refractivity contribution >= 4 is 16.8 Å². The molecule has 16 heavy (non-hydrogen) atoms. The Balaban J connectivity index is 2.70. The Bertz CT molecular complexity index is 533. The molecule has 2 rings (SSSR count). The number of alkyl halides is 3. The van der Waals surface area contributed by atoms with Gasteiger partial charge in [0.1, 0.15) is 0 Å². The maximum absolute atomic E-state index is 12.4. The summed E-state index contributed by atoms with van der Waals surface area (Å²) >= 11 is 0. The van der Waals surface area contributed by atoms with Crippen LogP contribution >= 0.6 is 0 Å². The Morgan fingerprint density at radius 2 is 2.12 bits per heavy atom. The lowest BCUT2D eigenvalue weighted by Crippen LogP contribution is -2.08. The quantitative estimate of drug-likeness (QED) is 0.818. The third kappa shape index (κ3) is 1.58. The zero-order valence-corrected chi connectivity index (χ0v) is 8.30. The number of aryl methyl sites for hydroxylation is 1. The SMILES string of the molecule is CCc1noc2nc(C(F)(F)F)cc(N)c12. The molecule has 0 aliphatic carbocycles. The second-order valence-electron chi connectivity index (χ2n) is 3.26. The Labute approximate surface area is 88.2 Å². The molecule has 2 heterocycles. The molecule has 0 unspecified atom stereocenters. The van der Waals surface area contributed by atoms with Crippen LogP contribution in [0.3, 0.4) is 0 Å². The highest BCUT2D eigenvalue weighted by molar-refractivity contribution is 5.89. The predicted molar refractivity (Wildman–Crippen MR) is 50.6 cm³/mol. The second kappa shape index (κ2) is 3.36. The van der Waals surface area contributed by atoms with Gasteiger partial charge in [-0.05, 0) is 12.5 Å². The van der Waals surface area contributed by atoms with Gasteiger partial charge in [-0.15, -0.1) is 0 Å². The maximum atomic E-state index is 12.4. The first-order chi connectivity index (χ1) is 7.43. The monoisotopic (exact) mass is 231 g/mol. The predicted octanol–water partition coefficient (Wildman–Crippen LogP) is 2.39. The Morgan fingerprint density at radius 3 is 2.69 bits per heavy atom. The molecule has 0 spiro atoms. The first-order valence-electron chi connectivity index (χ1n) is 4.55. The molecular weight excluding hydrogens is 223 g/mol. The number of rotatable bonds is 1. The van der Waals surface area contributed by atoms with E-state index >= 15 is 0 Å². The summed E-state index contributed by atoms with van der Waals surface area (Å²) in [6, 6.07) is 0.790. The molecule has 0 bridgehead atoms. The van der Waals surface area contributed by atoms with Gasteiger partial charge >= 0.3 is 6.18 Å². The van der Waals surface area contributed by atoms with Crippen LogP contribution in [0.5, 0.6) is 0 Å².